The summed E-state index contributed by atoms with van der Waals surface area (Å²) in [5.74, 6) is 0.740. The Hall–Kier alpha value is -1.42. The molecule has 2 N–H and O–H groups in total. The Kier molecular flexibility index (Phi) is 11.4. The van der Waals surface area contributed by atoms with Crippen molar-refractivity contribution in [3.8, 4) is 0 Å². The van der Waals surface area contributed by atoms with E-state index in [1.54, 1.807) is 19.0 Å². The summed E-state index contributed by atoms with van der Waals surface area (Å²) in [7, 11) is 3.52. The fourth-order valence-corrected chi connectivity index (χ4v) is 3.51. The highest BCUT2D eigenvalue weighted by Gasteiger charge is 2.20. The van der Waals surface area contributed by atoms with Crippen molar-refractivity contribution in [1.29, 1.82) is 0 Å². The molecule has 2 rings (SSSR count). The van der Waals surface area contributed by atoms with Gasteiger partial charge in [-0.1, -0.05) is 0 Å². The highest BCUT2D eigenvalue weighted by atomic mass is 16.5. The number of aliphatic imine (C=N–C) groups is 1. The molecule has 2 aliphatic heterocycles. The number of piperidine rings is 1. The molecule has 0 unspecified atom stereocenters. The molecule has 2 aliphatic rings. The number of amides is 1. The van der Waals surface area contributed by atoms with Crippen molar-refractivity contribution in [3.05, 3.63) is 0 Å². The number of likely N-dealkylation sites (N-methyl/N-ethyl adjacent to an activating group) is 1. The lowest BCUT2D eigenvalue weighted by Crippen LogP contribution is -2.50. The van der Waals surface area contributed by atoms with Gasteiger partial charge in [-0.2, -0.15) is 0 Å². The lowest BCUT2D eigenvalue weighted by molar-refractivity contribution is -0.127. The third-order valence-corrected chi connectivity index (χ3v) is 5.48. The van der Waals surface area contributed by atoms with Crippen LogP contribution in [0.2, 0.25) is 0 Å². The van der Waals surface area contributed by atoms with Crippen LogP contribution in [0.1, 0.15) is 26.7 Å². The minimum atomic E-state index is 0.00394. The fraction of sp³-hybridized carbons (Fsp3) is 0.905. The van der Waals surface area contributed by atoms with Gasteiger partial charge in [-0.15, -0.1) is 0 Å². The van der Waals surface area contributed by atoms with Crippen molar-refractivity contribution in [1.82, 2.24) is 25.3 Å². The second kappa shape index (κ2) is 13.8. The van der Waals surface area contributed by atoms with Crippen LogP contribution in [0.5, 0.6) is 0 Å². The van der Waals surface area contributed by atoms with E-state index in [2.05, 4.69) is 39.3 Å². The smallest absolute Gasteiger partial charge is 0.243 e. The van der Waals surface area contributed by atoms with Gasteiger partial charge in [0.05, 0.1) is 25.9 Å². The quantitative estimate of drug-likeness (QED) is 0.371. The molecule has 1 amide bonds. The van der Waals surface area contributed by atoms with E-state index in [-0.39, 0.29) is 18.6 Å². The Labute approximate surface area is 182 Å². The molecule has 30 heavy (non-hydrogen) atoms. The highest BCUT2D eigenvalue weighted by Crippen LogP contribution is 2.10. The molecule has 2 saturated heterocycles. The van der Waals surface area contributed by atoms with E-state index in [0.717, 1.165) is 84.4 Å². The number of guanidine groups is 1. The summed E-state index contributed by atoms with van der Waals surface area (Å²) in [6, 6.07) is 0.372. The summed E-state index contributed by atoms with van der Waals surface area (Å²) in [4.78, 5) is 22.9. The maximum absolute atomic E-state index is 12.0. The summed E-state index contributed by atoms with van der Waals surface area (Å²) in [5.41, 5.74) is 0. The number of carbonyl (C=O) groups is 1. The SMILES string of the molecule is CC(C)OCCN1CCC(NC(=NCC(=O)N(C)C)NCCN2CCOCC2)CC1. The molecular formula is C21H42N6O3. The van der Waals surface area contributed by atoms with Crippen molar-refractivity contribution in [2.45, 2.75) is 38.8 Å². The van der Waals surface area contributed by atoms with Crippen LogP contribution in [0, 0.1) is 0 Å². The minimum absolute atomic E-state index is 0.00394. The highest BCUT2D eigenvalue weighted by molar-refractivity contribution is 5.84. The Balaban J connectivity index is 1.77. The third-order valence-electron chi connectivity index (χ3n) is 5.48. The van der Waals surface area contributed by atoms with Gasteiger partial charge >= 0.3 is 0 Å². The molecule has 0 radical (unpaired) electrons. The molecule has 0 spiro atoms. The number of hydrogen-bond donors (Lipinski definition) is 2. The van der Waals surface area contributed by atoms with Crippen LogP contribution in [-0.2, 0) is 14.3 Å². The van der Waals surface area contributed by atoms with Crippen molar-refractivity contribution in [3.63, 3.8) is 0 Å². The Bertz CT molecular complexity index is 515. The topological polar surface area (TPSA) is 81.7 Å². The van der Waals surface area contributed by atoms with Gasteiger partial charge in [-0.25, -0.2) is 4.99 Å². The van der Waals surface area contributed by atoms with Crippen molar-refractivity contribution in [2.24, 2.45) is 4.99 Å². The lowest BCUT2D eigenvalue weighted by Gasteiger charge is -2.33. The average Bonchev–Trinajstić information content (AvgIpc) is 2.73. The standard InChI is InChI=1S/C21H42N6O3/c1-18(2)30-16-13-26-8-5-19(6-9-26)24-21(23-17-20(28)25(3)4)22-7-10-27-11-14-29-15-12-27/h18-19H,5-17H2,1-4H3,(H2,22,23,24). The van der Waals surface area contributed by atoms with Gasteiger partial charge in [-0.05, 0) is 26.7 Å². The molecule has 9 nitrogen and oxygen atoms in total. The van der Waals surface area contributed by atoms with Gasteiger partial charge in [0.25, 0.3) is 0 Å². The van der Waals surface area contributed by atoms with E-state index >= 15 is 0 Å². The van der Waals surface area contributed by atoms with Crippen LogP contribution in [0.15, 0.2) is 4.99 Å². The predicted molar refractivity (Wildman–Crippen MR) is 120 cm³/mol. The number of hydrogen-bond acceptors (Lipinski definition) is 6. The van der Waals surface area contributed by atoms with Gasteiger partial charge in [0.1, 0.15) is 6.54 Å². The summed E-state index contributed by atoms with van der Waals surface area (Å²) in [6.45, 7) is 13.5. The number of nitrogens with one attached hydrogen (secondary N) is 2. The zero-order chi connectivity index (χ0) is 21.8. The Morgan fingerprint density at radius 2 is 1.80 bits per heavy atom. The molecule has 174 valence electrons. The van der Waals surface area contributed by atoms with Crippen LogP contribution in [0.3, 0.4) is 0 Å². The Morgan fingerprint density at radius 1 is 1.13 bits per heavy atom. The van der Waals surface area contributed by atoms with E-state index < -0.39 is 0 Å². The first-order chi connectivity index (χ1) is 14.4. The zero-order valence-corrected chi connectivity index (χ0v) is 19.4. The molecule has 0 aliphatic carbocycles. The van der Waals surface area contributed by atoms with Crippen molar-refractivity contribution >= 4 is 11.9 Å². The van der Waals surface area contributed by atoms with Crippen LogP contribution < -0.4 is 10.6 Å². The normalized spacial score (nSPS) is 19.8. The van der Waals surface area contributed by atoms with Gasteiger partial charge < -0.3 is 29.9 Å². The summed E-state index contributed by atoms with van der Waals surface area (Å²) < 4.78 is 11.1. The maximum Gasteiger partial charge on any atom is 0.243 e. The second-order valence-corrected chi connectivity index (χ2v) is 8.51. The second-order valence-electron chi connectivity index (χ2n) is 8.51. The van der Waals surface area contributed by atoms with Crippen LogP contribution in [-0.4, -0.2) is 125 Å². The summed E-state index contributed by atoms with van der Waals surface area (Å²) in [6.07, 6.45) is 2.41. The van der Waals surface area contributed by atoms with Gasteiger partial charge in [0.15, 0.2) is 5.96 Å². The largest absolute Gasteiger partial charge is 0.379 e. The minimum Gasteiger partial charge on any atom is -0.379 e. The zero-order valence-electron chi connectivity index (χ0n) is 19.4. The number of ether oxygens (including phenoxy) is 2. The maximum atomic E-state index is 12.0. The number of likely N-dealkylation sites (tertiary alicyclic amines) is 1. The van der Waals surface area contributed by atoms with Gasteiger partial charge in [0.2, 0.25) is 5.91 Å². The van der Waals surface area contributed by atoms with Gasteiger partial charge in [0, 0.05) is 66.0 Å². The molecule has 0 aromatic rings. The number of rotatable bonds is 10. The predicted octanol–water partition coefficient (Wildman–Crippen LogP) is -0.169. The van der Waals surface area contributed by atoms with Gasteiger partial charge in [-0.3, -0.25) is 9.69 Å². The monoisotopic (exact) mass is 426 g/mol. The van der Waals surface area contributed by atoms with E-state index in [1.165, 1.54) is 0 Å². The van der Waals surface area contributed by atoms with E-state index in [0.29, 0.717) is 6.04 Å². The van der Waals surface area contributed by atoms with E-state index in [9.17, 15) is 4.79 Å². The van der Waals surface area contributed by atoms with Crippen molar-refractivity contribution in [2.75, 3.05) is 86.3 Å². The van der Waals surface area contributed by atoms with Crippen LogP contribution in [0.4, 0.5) is 0 Å². The van der Waals surface area contributed by atoms with E-state index in [1.807, 2.05) is 0 Å². The molecule has 9 heteroatoms. The molecular weight excluding hydrogens is 384 g/mol. The first-order valence-electron chi connectivity index (χ1n) is 11.3. The fourth-order valence-electron chi connectivity index (χ4n) is 3.51. The molecule has 2 fully saturated rings. The molecule has 0 saturated carbocycles. The summed E-state index contributed by atoms with van der Waals surface area (Å²) >= 11 is 0. The summed E-state index contributed by atoms with van der Waals surface area (Å²) in [5, 5.41) is 6.97. The Morgan fingerprint density at radius 3 is 2.43 bits per heavy atom. The van der Waals surface area contributed by atoms with Crippen LogP contribution >= 0.6 is 0 Å². The number of carbonyl (C=O) groups excluding carboxylic acids is 1. The molecule has 0 aromatic heterocycles. The van der Waals surface area contributed by atoms with E-state index in [4.69, 9.17) is 9.47 Å². The molecule has 0 atom stereocenters. The first kappa shape index (κ1) is 24.8. The third kappa shape index (κ3) is 10.1. The van der Waals surface area contributed by atoms with Crippen LogP contribution in [0.25, 0.3) is 0 Å². The van der Waals surface area contributed by atoms with Crippen molar-refractivity contribution < 1.29 is 14.3 Å². The molecule has 2 heterocycles. The number of morpholine rings is 1. The first-order valence-corrected chi connectivity index (χ1v) is 11.3. The molecule has 0 aromatic carbocycles. The average molecular weight is 427 g/mol. The molecule has 0 bridgehead atoms. The number of nitrogens with zero attached hydrogens (tertiary/aromatic N) is 4. The lowest BCUT2D eigenvalue weighted by atomic mass is 10.1.